The fourth-order valence-electron chi connectivity index (χ4n) is 2.86. The highest BCUT2D eigenvalue weighted by molar-refractivity contribution is 5.93. The summed E-state index contributed by atoms with van der Waals surface area (Å²) in [6.45, 7) is 3.02. The standard InChI is InChI=1S/C21H23N3O3/c1-4-23(14-16-10-11-19(26-2)20(12-16)27-3)21(25)17-13-22-24(15-17)18-8-6-5-7-9-18/h5-13,15H,4,14H2,1-3H3. The largest absolute Gasteiger partial charge is 0.493 e. The van der Waals surface area contributed by atoms with Gasteiger partial charge in [-0.1, -0.05) is 24.3 Å². The topological polar surface area (TPSA) is 56.6 Å². The number of amides is 1. The van der Waals surface area contributed by atoms with E-state index in [1.807, 2.05) is 55.5 Å². The molecule has 0 N–H and O–H groups in total. The molecule has 6 heteroatoms. The normalized spacial score (nSPS) is 10.5. The van der Waals surface area contributed by atoms with E-state index in [1.165, 1.54) is 0 Å². The summed E-state index contributed by atoms with van der Waals surface area (Å²) in [6, 6.07) is 15.4. The molecule has 0 radical (unpaired) electrons. The third-order valence-electron chi connectivity index (χ3n) is 4.34. The molecule has 0 unspecified atom stereocenters. The zero-order valence-corrected chi connectivity index (χ0v) is 15.8. The number of hydrogen-bond donors (Lipinski definition) is 0. The van der Waals surface area contributed by atoms with Crippen LogP contribution in [0.15, 0.2) is 60.9 Å². The van der Waals surface area contributed by atoms with Crippen LogP contribution in [-0.4, -0.2) is 41.4 Å². The first-order chi connectivity index (χ1) is 13.2. The van der Waals surface area contributed by atoms with Crippen molar-refractivity contribution in [3.63, 3.8) is 0 Å². The van der Waals surface area contributed by atoms with Gasteiger partial charge in [-0.15, -0.1) is 0 Å². The molecule has 0 spiro atoms. The van der Waals surface area contributed by atoms with Crippen LogP contribution >= 0.6 is 0 Å². The molecule has 140 valence electrons. The molecule has 0 saturated carbocycles. The van der Waals surface area contributed by atoms with Gasteiger partial charge in [0, 0.05) is 19.3 Å². The van der Waals surface area contributed by atoms with E-state index < -0.39 is 0 Å². The number of methoxy groups -OCH3 is 2. The van der Waals surface area contributed by atoms with Crippen molar-refractivity contribution < 1.29 is 14.3 Å². The van der Waals surface area contributed by atoms with Gasteiger partial charge in [0.2, 0.25) is 0 Å². The lowest BCUT2D eigenvalue weighted by atomic mass is 10.1. The zero-order chi connectivity index (χ0) is 19.2. The molecular formula is C21H23N3O3. The Kier molecular flexibility index (Phi) is 5.76. The summed E-state index contributed by atoms with van der Waals surface area (Å²) < 4.78 is 12.3. The van der Waals surface area contributed by atoms with Crippen molar-refractivity contribution in [1.82, 2.24) is 14.7 Å². The summed E-state index contributed by atoms with van der Waals surface area (Å²) in [7, 11) is 3.20. The molecular weight excluding hydrogens is 342 g/mol. The summed E-state index contributed by atoms with van der Waals surface area (Å²) >= 11 is 0. The maximum Gasteiger partial charge on any atom is 0.257 e. The molecule has 1 aromatic heterocycles. The molecule has 3 aromatic rings. The Hall–Kier alpha value is -3.28. The Labute approximate surface area is 158 Å². The van der Waals surface area contributed by atoms with E-state index in [2.05, 4.69) is 5.10 Å². The van der Waals surface area contributed by atoms with Gasteiger partial charge in [0.25, 0.3) is 5.91 Å². The molecule has 0 aliphatic heterocycles. The van der Waals surface area contributed by atoms with Gasteiger partial charge in [-0.2, -0.15) is 5.10 Å². The molecule has 0 aliphatic rings. The SMILES string of the molecule is CCN(Cc1ccc(OC)c(OC)c1)C(=O)c1cnn(-c2ccccc2)c1. The van der Waals surface area contributed by atoms with Gasteiger partial charge in [0.05, 0.1) is 31.7 Å². The Morgan fingerprint density at radius 2 is 1.81 bits per heavy atom. The molecule has 0 bridgehead atoms. The van der Waals surface area contributed by atoms with Crippen LogP contribution in [0.4, 0.5) is 0 Å². The summed E-state index contributed by atoms with van der Waals surface area (Å²) in [5.41, 5.74) is 2.44. The fraction of sp³-hybridized carbons (Fsp3) is 0.238. The zero-order valence-electron chi connectivity index (χ0n) is 15.8. The van der Waals surface area contributed by atoms with Crippen LogP contribution in [-0.2, 0) is 6.54 Å². The van der Waals surface area contributed by atoms with Crippen LogP contribution in [0.3, 0.4) is 0 Å². The maximum absolute atomic E-state index is 12.9. The molecule has 1 heterocycles. The summed E-state index contributed by atoms with van der Waals surface area (Å²) in [6.07, 6.45) is 3.36. The predicted octanol–water partition coefficient (Wildman–Crippen LogP) is 3.55. The molecule has 1 amide bonds. The molecule has 6 nitrogen and oxygen atoms in total. The molecule has 0 aliphatic carbocycles. The summed E-state index contributed by atoms with van der Waals surface area (Å²) in [4.78, 5) is 14.7. The number of ether oxygens (including phenoxy) is 2. The smallest absolute Gasteiger partial charge is 0.257 e. The van der Waals surface area contributed by atoms with Crippen LogP contribution in [0.25, 0.3) is 5.69 Å². The first-order valence-corrected chi connectivity index (χ1v) is 8.76. The Balaban J connectivity index is 1.78. The number of nitrogens with zero attached hydrogens (tertiary/aromatic N) is 3. The van der Waals surface area contributed by atoms with Gasteiger partial charge < -0.3 is 14.4 Å². The quantitative estimate of drug-likeness (QED) is 0.642. The number of carbonyl (C=O) groups is 1. The third kappa shape index (κ3) is 4.11. The van der Waals surface area contributed by atoms with Crippen LogP contribution < -0.4 is 9.47 Å². The Morgan fingerprint density at radius 3 is 2.48 bits per heavy atom. The molecule has 2 aromatic carbocycles. The molecule has 0 fully saturated rings. The fourth-order valence-corrected chi connectivity index (χ4v) is 2.86. The summed E-state index contributed by atoms with van der Waals surface area (Å²) in [5.74, 6) is 1.25. The van der Waals surface area contributed by atoms with Crippen LogP contribution in [0.1, 0.15) is 22.8 Å². The highest BCUT2D eigenvalue weighted by Gasteiger charge is 2.17. The predicted molar refractivity (Wildman–Crippen MR) is 104 cm³/mol. The van der Waals surface area contributed by atoms with E-state index in [0.717, 1.165) is 11.3 Å². The van der Waals surface area contributed by atoms with Gasteiger partial charge in [0.15, 0.2) is 11.5 Å². The van der Waals surface area contributed by atoms with Crippen molar-refractivity contribution in [3.8, 4) is 17.2 Å². The average Bonchev–Trinajstić information content (AvgIpc) is 3.22. The Morgan fingerprint density at radius 1 is 1.07 bits per heavy atom. The number of hydrogen-bond acceptors (Lipinski definition) is 4. The lowest BCUT2D eigenvalue weighted by Gasteiger charge is -2.21. The second-order valence-corrected chi connectivity index (χ2v) is 6.02. The monoisotopic (exact) mass is 365 g/mol. The van der Waals surface area contributed by atoms with E-state index in [-0.39, 0.29) is 5.91 Å². The second-order valence-electron chi connectivity index (χ2n) is 6.02. The highest BCUT2D eigenvalue weighted by atomic mass is 16.5. The van der Waals surface area contributed by atoms with Crippen LogP contribution in [0.5, 0.6) is 11.5 Å². The molecule has 27 heavy (non-hydrogen) atoms. The number of benzene rings is 2. The van der Waals surface area contributed by atoms with Crippen molar-refractivity contribution >= 4 is 5.91 Å². The maximum atomic E-state index is 12.9. The van der Waals surface area contributed by atoms with Crippen molar-refractivity contribution in [1.29, 1.82) is 0 Å². The third-order valence-corrected chi connectivity index (χ3v) is 4.34. The van der Waals surface area contributed by atoms with E-state index in [1.54, 1.807) is 36.2 Å². The molecule has 3 rings (SSSR count). The first kappa shape index (κ1) is 18.5. The van der Waals surface area contributed by atoms with E-state index in [0.29, 0.717) is 30.2 Å². The number of aromatic nitrogens is 2. The van der Waals surface area contributed by atoms with E-state index in [4.69, 9.17) is 9.47 Å². The minimum Gasteiger partial charge on any atom is -0.493 e. The number of carbonyl (C=O) groups excluding carboxylic acids is 1. The van der Waals surface area contributed by atoms with E-state index in [9.17, 15) is 4.79 Å². The number of rotatable bonds is 7. The summed E-state index contributed by atoms with van der Waals surface area (Å²) in [5, 5.41) is 4.31. The average molecular weight is 365 g/mol. The molecule has 0 saturated heterocycles. The molecule has 0 atom stereocenters. The van der Waals surface area contributed by atoms with Gasteiger partial charge in [-0.3, -0.25) is 4.79 Å². The van der Waals surface area contributed by atoms with Gasteiger partial charge in [-0.05, 0) is 36.8 Å². The van der Waals surface area contributed by atoms with Gasteiger partial charge in [0.1, 0.15) is 0 Å². The minimum absolute atomic E-state index is 0.0607. The van der Waals surface area contributed by atoms with Crippen molar-refractivity contribution in [2.45, 2.75) is 13.5 Å². The van der Waals surface area contributed by atoms with Gasteiger partial charge in [-0.25, -0.2) is 4.68 Å². The minimum atomic E-state index is -0.0607. The second kappa shape index (κ2) is 8.40. The van der Waals surface area contributed by atoms with Gasteiger partial charge >= 0.3 is 0 Å². The van der Waals surface area contributed by atoms with Crippen molar-refractivity contribution in [3.05, 3.63) is 72.1 Å². The van der Waals surface area contributed by atoms with Crippen LogP contribution in [0.2, 0.25) is 0 Å². The van der Waals surface area contributed by atoms with Crippen molar-refractivity contribution in [2.24, 2.45) is 0 Å². The Bertz CT molecular complexity index is 906. The van der Waals surface area contributed by atoms with E-state index >= 15 is 0 Å². The van der Waals surface area contributed by atoms with Crippen molar-refractivity contribution in [2.75, 3.05) is 20.8 Å². The lowest BCUT2D eigenvalue weighted by Crippen LogP contribution is -2.30. The highest BCUT2D eigenvalue weighted by Crippen LogP contribution is 2.28. The number of para-hydroxylation sites is 1. The van der Waals surface area contributed by atoms with Crippen LogP contribution in [0, 0.1) is 0 Å². The lowest BCUT2D eigenvalue weighted by molar-refractivity contribution is 0.0752. The first-order valence-electron chi connectivity index (χ1n) is 8.76.